The van der Waals surface area contributed by atoms with Crippen LogP contribution in [0, 0.1) is 16.0 Å². The van der Waals surface area contributed by atoms with E-state index < -0.39 is 0 Å². The third-order valence-electron chi connectivity index (χ3n) is 2.71. The molecule has 0 saturated carbocycles. The van der Waals surface area contributed by atoms with E-state index in [1.165, 1.54) is 4.46 Å². The topological polar surface area (TPSA) is 52.4 Å². The standard InChI is InChI=1S/C14H21NO3Se/c1-12(2)14(11-15(16)17)18-9-6-10-19-13-7-4-3-5-8-13/h3-5,7-8,12,14H,6,9-11H2,1-2H3. The molecule has 1 rings (SSSR count). The van der Waals surface area contributed by atoms with Crippen molar-refractivity contribution < 1.29 is 9.66 Å². The summed E-state index contributed by atoms with van der Waals surface area (Å²) in [7, 11) is 0. The summed E-state index contributed by atoms with van der Waals surface area (Å²) in [5.74, 6) is 0.185. The molecule has 0 amide bonds. The summed E-state index contributed by atoms with van der Waals surface area (Å²) in [6.45, 7) is 4.44. The van der Waals surface area contributed by atoms with Gasteiger partial charge in [0.25, 0.3) is 0 Å². The van der Waals surface area contributed by atoms with E-state index in [1.54, 1.807) is 0 Å². The Morgan fingerprint density at radius 2 is 2.00 bits per heavy atom. The van der Waals surface area contributed by atoms with Crippen molar-refractivity contribution in [2.24, 2.45) is 5.92 Å². The van der Waals surface area contributed by atoms with Crippen molar-refractivity contribution in [1.82, 2.24) is 0 Å². The summed E-state index contributed by atoms with van der Waals surface area (Å²) in [5.41, 5.74) is 0. The van der Waals surface area contributed by atoms with Gasteiger partial charge in [0.15, 0.2) is 0 Å². The summed E-state index contributed by atoms with van der Waals surface area (Å²) in [4.78, 5) is 10.2. The van der Waals surface area contributed by atoms with E-state index in [9.17, 15) is 10.1 Å². The van der Waals surface area contributed by atoms with Crippen molar-refractivity contribution >= 4 is 19.4 Å². The first-order valence-electron chi connectivity index (χ1n) is 6.51. The van der Waals surface area contributed by atoms with E-state index >= 15 is 0 Å². The second-order valence-corrected chi connectivity index (χ2v) is 7.13. The first-order valence-corrected chi connectivity index (χ1v) is 8.57. The molecule has 0 aliphatic carbocycles. The van der Waals surface area contributed by atoms with Gasteiger partial charge in [0.05, 0.1) is 0 Å². The van der Waals surface area contributed by atoms with Gasteiger partial charge < -0.3 is 0 Å². The number of nitro groups is 1. The van der Waals surface area contributed by atoms with E-state index in [0.29, 0.717) is 21.6 Å². The average Bonchev–Trinajstić information content (AvgIpc) is 2.37. The minimum atomic E-state index is -0.293. The molecule has 0 bridgehead atoms. The molecule has 0 aliphatic rings. The molecule has 0 saturated heterocycles. The van der Waals surface area contributed by atoms with Crippen LogP contribution in [0.3, 0.4) is 0 Å². The van der Waals surface area contributed by atoms with Crippen LogP contribution in [0.25, 0.3) is 0 Å². The second-order valence-electron chi connectivity index (χ2n) is 4.68. The van der Waals surface area contributed by atoms with Gasteiger partial charge in [-0.1, -0.05) is 0 Å². The maximum atomic E-state index is 10.5. The quantitative estimate of drug-likeness (QED) is 0.302. The molecule has 1 aromatic rings. The predicted octanol–water partition coefficient (Wildman–Crippen LogP) is 2.14. The first kappa shape index (κ1) is 16.2. The Morgan fingerprint density at radius 1 is 1.32 bits per heavy atom. The van der Waals surface area contributed by atoms with Gasteiger partial charge in [-0.05, 0) is 0 Å². The van der Waals surface area contributed by atoms with Crippen LogP contribution in [-0.4, -0.2) is 39.1 Å². The van der Waals surface area contributed by atoms with Crippen LogP contribution < -0.4 is 4.46 Å². The predicted molar refractivity (Wildman–Crippen MR) is 77.7 cm³/mol. The molecule has 0 heterocycles. The van der Waals surface area contributed by atoms with Crippen LogP contribution in [-0.2, 0) is 4.74 Å². The molecule has 1 unspecified atom stereocenters. The molecule has 4 nitrogen and oxygen atoms in total. The van der Waals surface area contributed by atoms with Crippen molar-refractivity contribution in [2.75, 3.05) is 13.2 Å². The molecular weight excluding hydrogens is 309 g/mol. The summed E-state index contributed by atoms with van der Waals surface area (Å²) in [6.07, 6.45) is 0.703. The Bertz CT molecular complexity index is 370. The SMILES string of the molecule is CC(C)C(C[N+](=O)[O-])OCCC[Se]c1ccccc1. The Balaban J connectivity index is 2.16. The van der Waals surface area contributed by atoms with Gasteiger partial charge in [0, 0.05) is 0 Å². The van der Waals surface area contributed by atoms with Gasteiger partial charge in [0.2, 0.25) is 0 Å². The molecule has 106 valence electrons. The molecule has 5 heteroatoms. The van der Waals surface area contributed by atoms with E-state index in [-0.39, 0.29) is 23.5 Å². The van der Waals surface area contributed by atoms with Crippen molar-refractivity contribution in [3.8, 4) is 0 Å². The van der Waals surface area contributed by atoms with Crippen LogP contribution in [0.15, 0.2) is 30.3 Å². The van der Waals surface area contributed by atoms with Crippen LogP contribution >= 0.6 is 0 Å². The fourth-order valence-electron chi connectivity index (χ4n) is 1.60. The molecule has 19 heavy (non-hydrogen) atoms. The number of benzene rings is 1. The van der Waals surface area contributed by atoms with Crippen LogP contribution in [0.5, 0.6) is 0 Å². The molecule has 0 N–H and O–H groups in total. The number of hydrogen-bond donors (Lipinski definition) is 0. The summed E-state index contributed by atoms with van der Waals surface area (Å²) in [6, 6.07) is 10.4. The monoisotopic (exact) mass is 331 g/mol. The normalized spacial score (nSPS) is 12.6. The first-order chi connectivity index (χ1) is 9.09. The Hall–Kier alpha value is -0.901. The molecule has 0 aliphatic heterocycles. The summed E-state index contributed by atoms with van der Waals surface area (Å²) in [5, 5.41) is 11.6. The average molecular weight is 330 g/mol. The molecule has 0 spiro atoms. The molecule has 0 fully saturated rings. The van der Waals surface area contributed by atoms with Gasteiger partial charge >= 0.3 is 120 Å². The molecule has 1 aromatic carbocycles. The molecule has 0 radical (unpaired) electrons. The van der Waals surface area contributed by atoms with E-state index in [4.69, 9.17) is 4.74 Å². The molecular formula is C14H21NO3Se. The third-order valence-corrected chi connectivity index (χ3v) is 5.01. The zero-order valence-electron chi connectivity index (χ0n) is 11.5. The van der Waals surface area contributed by atoms with Crippen molar-refractivity contribution in [3.63, 3.8) is 0 Å². The zero-order chi connectivity index (χ0) is 14.1. The Kier molecular flexibility index (Phi) is 7.72. The summed E-state index contributed by atoms with van der Waals surface area (Å²) < 4.78 is 7.01. The van der Waals surface area contributed by atoms with Gasteiger partial charge in [-0.25, -0.2) is 0 Å². The fourth-order valence-corrected chi connectivity index (χ4v) is 3.38. The third kappa shape index (κ3) is 7.31. The minimum absolute atomic E-state index is 0.0957. The van der Waals surface area contributed by atoms with E-state index in [0.717, 1.165) is 11.7 Å². The number of hydrogen-bond acceptors (Lipinski definition) is 3. The van der Waals surface area contributed by atoms with Crippen LogP contribution in [0.4, 0.5) is 0 Å². The number of nitrogens with zero attached hydrogens (tertiary/aromatic N) is 1. The summed E-state index contributed by atoms with van der Waals surface area (Å²) >= 11 is 0.473. The van der Waals surface area contributed by atoms with Crippen molar-refractivity contribution in [2.45, 2.75) is 31.7 Å². The Labute approximate surface area is 120 Å². The van der Waals surface area contributed by atoms with E-state index in [1.807, 2.05) is 19.9 Å². The van der Waals surface area contributed by atoms with Crippen LogP contribution in [0.2, 0.25) is 5.32 Å². The van der Waals surface area contributed by atoms with Gasteiger partial charge in [-0.15, -0.1) is 0 Å². The zero-order valence-corrected chi connectivity index (χ0v) is 13.2. The van der Waals surface area contributed by atoms with Crippen molar-refractivity contribution in [1.29, 1.82) is 0 Å². The number of ether oxygens (including phenoxy) is 1. The second kappa shape index (κ2) is 9.07. The van der Waals surface area contributed by atoms with Gasteiger partial charge in [0.1, 0.15) is 0 Å². The van der Waals surface area contributed by atoms with Crippen LogP contribution in [0.1, 0.15) is 20.3 Å². The molecule has 0 aromatic heterocycles. The molecule has 1 atom stereocenters. The van der Waals surface area contributed by atoms with Gasteiger partial charge in [-0.2, -0.15) is 0 Å². The van der Waals surface area contributed by atoms with Crippen molar-refractivity contribution in [3.05, 3.63) is 40.4 Å². The Morgan fingerprint density at radius 3 is 2.58 bits per heavy atom. The fraction of sp³-hybridized carbons (Fsp3) is 0.571. The van der Waals surface area contributed by atoms with Gasteiger partial charge in [-0.3, -0.25) is 0 Å². The maximum absolute atomic E-state index is 10.5. The number of rotatable bonds is 9. The van der Waals surface area contributed by atoms with E-state index in [2.05, 4.69) is 24.3 Å².